The third kappa shape index (κ3) is 1.04. The van der Waals surface area contributed by atoms with Gasteiger partial charge in [-0.2, -0.15) is 0 Å². The van der Waals surface area contributed by atoms with E-state index in [1.165, 1.54) is 18.4 Å². The molecule has 0 unspecified atom stereocenters. The molecule has 1 nitrogen and oxygen atoms in total. The fraction of sp³-hybridized carbons (Fsp3) is 0.444. The van der Waals surface area contributed by atoms with Gasteiger partial charge in [0, 0.05) is 11.9 Å². The summed E-state index contributed by atoms with van der Waals surface area (Å²) in [5.41, 5.74) is 2.62. The molecule has 1 heterocycles. The molecule has 1 aromatic rings. The molecular weight excluding hydrogens is 122 g/mol. The van der Waals surface area contributed by atoms with Crippen LogP contribution in [0.2, 0.25) is 0 Å². The predicted molar refractivity (Wildman–Crippen MR) is 40.9 cm³/mol. The average molecular weight is 133 g/mol. The van der Waals surface area contributed by atoms with Crippen molar-refractivity contribution < 1.29 is 0 Å². The van der Waals surface area contributed by atoms with Crippen LogP contribution in [0.5, 0.6) is 0 Å². The van der Waals surface area contributed by atoms with E-state index in [0.29, 0.717) is 0 Å². The lowest BCUT2D eigenvalue weighted by molar-refractivity contribution is 1.08. The van der Waals surface area contributed by atoms with Gasteiger partial charge in [-0.3, -0.25) is 4.98 Å². The van der Waals surface area contributed by atoms with Gasteiger partial charge in [0.2, 0.25) is 0 Å². The highest BCUT2D eigenvalue weighted by atomic mass is 14.6. The largest absolute Gasteiger partial charge is 0.262 e. The molecule has 0 aliphatic heterocycles. The molecule has 0 bridgehead atoms. The molecular formula is C9H11N. The van der Waals surface area contributed by atoms with E-state index in [4.69, 9.17) is 0 Å². The van der Waals surface area contributed by atoms with Gasteiger partial charge in [-0.15, -0.1) is 0 Å². The van der Waals surface area contributed by atoms with Crippen LogP contribution in [-0.4, -0.2) is 4.98 Å². The first-order valence-corrected chi connectivity index (χ1v) is 3.79. The van der Waals surface area contributed by atoms with Gasteiger partial charge in [-0.05, 0) is 43.4 Å². The van der Waals surface area contributed by atoms with Crippen molar-refractivity contribution in [3.05, 3.63) is 29.6 Å². The van der Waals surface area contributed by atoms with Gasteiger partial charge >= 0.3 is 0 Å². The maximum Gasteiger partial charge on any atom is 0.0375 e. The van der Waals surface area contributed by atoms with Crippen molar-refractivity contribution in [2.75, 3.05) is 0 Å². The van der Waals surface area contributed by atoms with E-state index in [1.807, 2.05) is 13.1 Å². The molecule has 1 saturated carbocycles. The Kier molecular flexibility index (Phi) is 1.23. The Morgan fingerprint density at radius 1 is 1.50 bits per heavy atom. The summed E-state index contributed by atoms with van der Waals surface area (Å²) in [4.78, 5) is 4.15. The molecule has 0 amide bonds. The summed E-state index contributed by atoms with van der Waals surface area (Å²) >= 11 is 0. The lowest BCUT2D eigenvalue weighted by atomic mass is 10.1. The van der Waals surface area contributed by atoms with Gasteiger partial charge in [-0.1, -0.05) is 0 Å². The quantitative estimate of drug-likeness (QED) is 0.572. The molecule has 1 heteroatoms. The average Bonchev–Trinajstić information content (AvgIpc) is 2.68. The van der Waals surface area contributed by atoms with E-state index in [1.54, 1.807) is 0 Å². The maximum atomic E-state index is 4.15. The minimum absolute atomic E-state index is 0.863. The lowest BCUT2D eigenvalue weighted by Gasteiger charge is -1.96. The standard InChI is InChI=1S/C9H11N/c1-7-6-9(4-5-10-7)8-2-3-8/h4-6,8H,2-3H2,1H3. The molecule has 10 heavy (non-hydrogen) atoms. The summed E-state index contributed by atoms with van der Waals surface area (Å²) in [6, 6.07) is 4.32. The zero-order valence-corrected chi connectivity index (χ0v) is 6.17. The summed E-state index contributed by atoms with van der Waals surface area (Å²) < 4.78 is 0. The van der Waals surface area contributed by atoms with Gasteiger partial charge in [0.15, 0.2) is 0 Å². The first kappa shape index (κ1) is 5.90. The van der Waals surface area contributed by atoms with Gasteiger partial charge in [0.05, 0.1) is 0 Å². The minimum atomic E-state index is 0.863. The lowest BCUT2D eigenvalue weighted by Crippen LogP contribution is -1.83. The SMILES string of the molecule is Cc1cc(C2CC2)ccn1. The van der Waals surface area contributed by atoms with Crippen LogP contribution in [0.1, 0.15) is 30.0 Å². The second-order valence-corrected chi connectivity index (χ2v) is 3.00. The van der Waals surface area contributed by atoms with E-state index < -0.39 is 0 Å². The summed E-state index contributed by atoms with van der Waals surface area (Å²) in [5.74, 6) is 0.863. The molecule has 0 radical (unpaired) electrons. The highest BCUT2D eigenvalue weighted by Crippen LogP contribution is 2.39. The topological polar surface area (TPSA) is 12.9 Å². The summed E-state index contributed by atoms with van der Waals surface area (Å²) in [6.45, 7) is 2.05. The molecule has 52 valence electrons. The molecule has 1 fully saturated rings. The fourth-order valence-electron chi connectivity index (χ4n) is 1.24. The number of hydrogen-bond donors (Lipinski definition) is 0. The van der Waals surface area contributed by atoms with Crippen LogP contribution in [0.25, 0.3) is 0 Å². The van der Waals surface area contributed by atoms with E-state index in [9.17, 15) is 0 Å². The summed E-state index contributed by atoms with van der Waals surface area (Å²) in [5, 5.41) is 0. The monoisotopic (exact) mass is 133 g/mol. The van der Waals surface area contributed by atoms with Crippen LogP contribution >= 0.6 is 0 Å². The van der Waals surface area contributed by atoms with Crippen molar-refractivity contribution in [3.8, 4) is 0 Å². The van der Waals surface area contributed by atoms with E-state index in [2.05, 4.69) is 17.1 Å². The second-order valence-electron chi connectivity index (χ2n) is 3.00. The van der Waals surface area contributed by atoms with Crippen LogP contribution in [0, 0.1) is 6.92 Å². The highest BCUT2D eigenvalue weighted by Gasteiger charge is 2.22. The van der Waals surface area contributed by atoms with Gasteiger partial charge in [-0.25, -0.2) is 0 Å². The van der Waals surface area contributed by atoms with Crippen LogP contribution in [-0.2, 0) is 0 Å². The number of aryl methyl sites for hydroxylation is 1. The third-order valence-corrected chi connectivity index (χ3v) is 1.97. The number of pyridine rings is 1. The number of nitrogens with zero attached hydrogens (tertiary/aromatic N) is 1. The number of rotatable bonds is 1. The number of hydrogen-bond acceptors (Lipinski definition) is 1. The molecule has 2 rings (SSSR count). The highest BCUT2D eigenvalue weighted by molar-refractivity contribution is 5.23. The van der Waals surface area contributed by atoms with Crippen LogP contribution in [0.3, 0.4) is 0 Å². The smallest absolute Gasteiger partial charge is 0.0375 e. The van der Waals surface area contributed by atoms with Crippen molar-refractivity contribution in [2.24, 2.45) is 0 Å². The Balaban J connectivity index is 2.32. The molecule has 1 aromatic heterocycles. The first-order valence-electron chi connectivity index (χ1n) is 3.79. The molecule has 1 aliphatic carbocycles. The zero-order chi connectivity index (χ0) is 6.97. The van der Waals surface area contributed by atoms with Gasteiger partial charge < -0.3 is 0 Å². The maximum absolute atomic E-state index is 4.15. The van der Waals surface area contributed by atoms with E-state index in [-0.39, 0.29) is 0 Å². The molecule has 0 N–H and O–H groups in total. The van der Waals surface area contributed by atoms with Crippen molar-refractivity contribution in [1.29, 1.82) is 0 Å². The fourth-order valence-corrected chi connectivity index (χ4v) is 1.24. The molecule has 0 spiro atoms. The molecule has 0 saturated heterocycles. The van der Waals surface area contributed by atoms with Gasteiger partial charge in [0.1, 0.15) is 0 Å². The molecule has 0 aromatic carbocycles. The normalized spacial score (nSPS) is 17.3. The minimum Gasteiger partial charge on any atom is -0.262 e. The molecule has 1 aliphatic rings. The predicted octanol–water partition coefficient (Wildman–Crippen LogP) is 2.27. The van der Waals surface area contributed by atoms with Crippen LogP contribution < -0.4 is 0 Å². The van der Waals surface area contributed by atoms with E-state index >= 15 is 0 Å². The molecule has 0 atom stereocenters. The van der Waals surface area contributed by atoms with Crippen LogP contribution in [0.15, 0.2) is 18.3 Å². The second kappa shape index (κ2) is 2.08. The van der Waals surface area contributed by atoms with Crippen molar-refractivity contribution >= 4 is 0 Å². The zero-order valence-electron chi connectivity index (χ0n) is 6.17. The summed E-state index contributed by atoms with van der Waals surface area (Å²) in [6.07, 6.45) is 4.66. The summed E-state index contributed by atoms with van der Waals surface area (Å²) in [7, 11) is 0. The van der Waals surface area contributed by atoms with Crippen molar-refractivity contribution in [3.63, 3.8) is 0 Å². The Morgan fingerprint density at radius 3 is 2.90 bits per heavy atom. The Hall–Kier alpha value is -0.850. The van der Waals surface area contributed by atoms with Crippen molar-refractivity contribution in [2.45, 2.75) is 25.7 Å². The van der Waals surface area contributed by atoms with Gasteiger partial charge in [0.25, 0.3) is 0 Å². The first-order chi connectivity index (χ1) is 4.86. The number of aromatic nitrogens is 1. The van der Waals surface area contributed by atoms with E-state index in [0.717, 1.165) is 11.6 Å². The van der Waals surface area contributed by atoms with Crippen molar-refractivity contribution in [1.82, 2.24) is 4.98 Å². The van der Waals surface area contributed by atoms with Crippen LogP contribution in [0.4, 0.5) is 0 Å². The third-order valence-electron chi connectivity index (χ3n) is 1.97. The Morgan fingerprint density at radius 2 is 2.30 bits per heavy atom. The Bertz CT molecular complexity index is 238. The Labute approximate surface area is 61.1 Å².